The number of anilines is 1. The van der Waals surface area contributed by atoms with Gasteiger partial charge in [-0.3, -0.25) is 0 Å². The quantitative estimate of drug-likeness (QED) is 0.896. The molecule has 2 N–H and O–H groups in total. The van der Waals surface area contributed by atoms with E-state index >= 15 is 0 Å². The standard InChI is InChI=1S/C17H28N2/c1-5-19(15-8-6-7-13(2)11-15)12-14-9-10-17(3,4)16(14)18/h6-8,11,14,16H,5,9-10,12,18H2,1-4H3. The van der Waals surface area contributed by atoms with Crippen LogP contribution in [-0.4, -0.2) is 19.1 Å². The van der Waals surface area contributed by atoms with Crippen LogP contribution in [0.3, 0.4) is 0 Å². The van der Waals surface area contributed by atoms with Crippen LogP contribution in [0, 0.1) is 18.3 Å². The second-order valence-electron chi connectivity index (χ2n) is 6.69. The predicted octanol–water partition coefficient (Wildman–Crippen LogP) is 3.58. The zero-order chi connectivity index (χ0) is 14.0. The van der Waals surface area contributed by atoms with Crippen molar-refractivity contribution >= 4 is 5.69 Å². The van der Waals surface area contributed by atoms with Gasteiger partial charge >= 0.3 is 0 Å². The van der Waals surface area contributed by atoms with E-state index in [1.807, 2.05) is 0 Å². The molecule has 106 valence electrons. The molecule has 0 saturated heterocycles. The average Bonchev–Trinajstić information content (AvgIpc) is 2.62. The molecule has 19 heavy (non-hydrogen) atoms. The first-order valence-corrected chi connectivity index (χ1v) is 7.51. The van der Waals surface area contributed by atoms with Gasteiger partial charge in [0.15, 0.2) is 0 Å². The largest absolute Gasteiger partial charge is 0.371 e. The number of aryl methyl sites for hydroxylation is 1. The van der Waals surface area contributed by atoms with Crippen molar-refractivity contribution in [3.63, 3.8) is 0 Å². The molecule has 1 aromatic carbocycles. The molecule has 0 bridgehead atoms. The molecule has 0 aliphatic heterocycles. The monoisotopic (exact) mass is 260 g/mol. The lowest BCUT2D eigenvalue weighted by Gasteiger charge is -2.32. The summed E-state index contributed by atoms with van der Waals surface area (Å²) in [4.78, 5) is 2.47. The van der Waals surface area contributed by atoms with Gasteiger partial charge in [0.2, 0.25) is 0 Å². The van der Waals surface area contributed by atoms with Crippen LogP contribution in [0.15, 0.2) is 24.3 Å². The van der Waals surface area contributed by atoms with Gasteiger partial charge in [0.05, 0.1) is 0 Å². The highest BCUT2D eigenvalue weighted by Gasteiger charge is 2.39. The minimum atomic E-state index is 0.302. The van der Waals surface area contributed by atoms with Crippen LogP contribution in [0.5, 0.6) is 0 Å². The number of nitrogens with two attached hydrogens (primary N) is 1. The summed E-state index contributed by atoms with van der Waals surface area (Å²) in [6.45, 7) is 11.1. The first-order valence-electron chi connectivity index (χ1n) is 7.51. The highest BCUT2D eigenvalue weighted by molar-refractivity contribution is 5.48. The zero-order valence-corrected chi connectivity index (χ0v) is 12.8. The van der Waals surface area contributed by atoms with E-state index in [9.17, 15) is 0 Å². The number of nitrogens with zero attached hydrogens (tertiary/aromatic N) is 1. The number of benzene rings is 1. The predicted molar refractivity (Wildman–Crippen MR) is 83.5 cm³/mol. The molecule has 0 spiro atoms. The smallest absolute Gasteiger partial charge is 0.0368 e. The lowest BCUT2D eigenvalue weighted by molar-refractivity contribution is 0.301. The van der Waals surface area contributed by atoms with Crippen LogP contribution in [0.25, 0.3) is 0 Å². The van der Waals surface area contributed by atoms with E-state index in [1.54, 1.807) is 0 Å². The van der Waals surface area contributed by atoms with Crippen molar-refractivity contribution in [1.82, 2.24) is 0 Å². The zero-order valence-electron chi connectivity index (χ0n) is 12.8. The Labute approximate surface area is 118 Å². The first-order chi connectivity index (χ1) is 8.94. The minimum Gasteiger partial charge on any atom is -0.371 e. The van der Waals surface area contributed by atoms with Crippen molar-refractivity contribution in [1.29, 1.82) is 0 Å². The lowest BCUT2D eigenvalue weighted by Crippen LogP contribution is -2.42. The van der Waals surface area contributed by atoms with E-state index < -0.39 is 0 Å². The second-order valence-corrected chi connectivity index (χ2v) is 6.69. The molecule has 1 aliphatic carbocycles. The van der Waals surface area contributed by atoms with Crippen molar-refractivity contribution in [2.45, 2.75) is 46.6 Å². The molecule has 1 aliphatic rings. The Balaban J connectivity index is 2.08. The van der Waals surface area contributed by atoms with Crippen LogP contribution in [0.1, 0.15) is 39.2 Å². The summed E-state index contributed by atoms with van der Waals surface area (Å²) in [7, 11) is 0. The molecule has 1 fully saturated rings. The molecule has 2 heteroatoms. The SMILES string of the molecule is CCN(CC1CCC(C)(C)C1N)c1cccc(C)c1. The van der Waals surface area contributed by atoms with Crippen molar-refractivity contribution in [3.8, 4) is 0 Å². The summed E-state index contributed by atoms with van der Waals surface area (Å²) in [5.74, 6) is 0.621. The Morgan fingerprint density at radius 3 is 2.63 bits per heavy atom. The highest BCUT2D eigenvalue weighted by atomic mass is 15.1. The van der Waals surface area contributed by atoms with Crippen molar-refractivity contribution in [2.75, 3.05) is 18.0 Å². The Kier molecular flexibility index (Phi) is 4.19. The fraction of sp³-hybridized carbons (Fsp3) is 0.647. The molecule has 2 atom stereocenters. The topological polar surface area (TPSA) is 29.3 Å². The Hall–Kier alpha value is -1.02. The van der Waals surface area contributed by atoms with Gasteiger partial charge in [-0.05, 0) is 55.7 Å². The molecular weight excluding hydrogens is 232 g/mol. The van der Waals surface area contributed by atoms with E-state index in [4.69, 9.17) is 5.73 Å². The Morgan fingerprint density at radius 2 is 2.11 bits per heavy atom. The molecule has 0 radical (unpaired) electrons. The number of rotatable bonds is 4. The third kappa shape index (κ3) is 3.11. The maximum atomic E-state index is 6.44. The third-order valence-electron chi connectivity index (χ3n) is 4.77. The van der Waals surface area contributed by atoms with Gasteiger partial charge in [-0.2, -0.15) is 0 Å². The van der Waals surface area contributed by atoms with Gasteiger partial charge < -0.3 is 10.6 Å². The second kappa shape index (κ2) is 5.54. The third-order valence-corrected chi connectivity index (χ3v) is 4.77. The maximum absolute atomic E-state index is 6.44. The number of hydrogen-bond acceptors (Lipinski definition) is 2. The fourth-order valence-electron chi connectivity index (χ4n) is 3.27. The molecule has 1 aromatic rings. The Bertz CT molecular complexity index is 425. The van der Waals surface area contributed by atoms with Crippen LogP contribution in [0.4, 0.5) is 5.69 Å². The molecular formula is C17H28N2. The van der Waals surface area contributed by atoms with Gasteiger partial charge in [-0.15, -0.1) is 0 Å². The maximum Gasteiger partial charge on any atom is 0.0368 e. The van der Waals surface area contributed by atoms with Gasteiger partial charge in [0, 0.05) is 24.8 Å². The molecule has 0 aromatic heterocycles. The Morgan fingerprint density at radius 1 is 1.37 bits per heavy atom. The van der Waals surface area contributed by atoms with E-state index in [2.05, 4.69) is 56.9 Å². The summed E-state index contributed by atoms with van der Waals surface area (Å²) in [6.07, 6.45) is 2.51. The molecule has 2 unspecified atom stereocenters. The van der Waals surface area contributed by atoms with Crippen molar-refractivity contribution in [3.05, 3.63) is 29.8 Å². The van der Waals surface area contributed by atoms with E-state index in [1.165, 1.54) is 24.1 Å². The fourth-order valence-corrected chi connectivity index (χ4v) is 3.27. The van der Waals surface area contributed by atoms with Crippen molar-refractivity contribution in [2.24, 2.45) is 17.1 Å². The van der Waals surface area contributed by atoms with Crippen molar-refractivity contribution < 1.29 is 0 Å². The van der Waals surface area contributed by atoms with Gasteiger partial charge in [0.1, 0.15) is 0 Å². The summed E-state index contributed by atoms with van der Waals surface area (Å²) in [5.41, 5.74) is 9.40. The normalized spacial score (nSPS) is 25.5. The van der Waals surface area contributed by atoms with Gasteiger partial charge in [-0.25, -0.2) is 0 Å². The average molecular weight is 260 g/mol. The van der Waals surface area contributed by atoms with E-state index in [-0.39, 0.29) is 0 Å². The minimum absolute atomic E-state index is 0.302. The van der Waals surface area contributed by atoms with Gasteiger partial charge in [0.25, 0.3) is 0 Å². The van der Waals surface area contributed by atoms with Crippen LogP contribution >= 0.6 is 0 Å². The van der Waals surface area contributed by atoms with Crippen LogP contribution < -0.4 is 10.6 Å². The van der Waals surface area contributed by atoms with Crippen LogP contribution in [-0.2, 0) is 0 Å². The highest BCUT2D eigenvalue weighted by Crippen LogP contribution is 2.40. The van der Waals surface area contributed by atoms with E-state index in [0.717, 1.165) is 13.1 Å². The molecule has 0 heterocycles. The number of hydrogen-bond donors (Lipinski definition) is 1. The lowest BCUT2D eigenvalue weighted by atomic mass is 9.85. The summed E-state index contributed by atoms with van der Waals surface area (Å²) >= 11 is 0. The first kappa shape index (κ1) is 14.4. The van der Waals surface area contributed by atoms with E-state index in [0.29, 0.717) is 17.4 Å². The summed E-state index contributed by atoms with van der Waals surface area (Å²) < 4.78 is 0. The molecule has 1 saturated carbocycles. The molecule has 0 amide bonds. The van der Waals surface area contributed by atoms with Crippen LogP contribution in [0.2, 0.25) is 0 Å². The summed E-state index contributed by atoms with van der Waals surface area (Å²) in [5, 5.41) is 0. The summed E-state index contributed by atoms with van der Waals surface area (Å²) in [6, 6.07) is 9.11. The van der Waals surface area contributed by atoms with Gasteiger partial charge in [-0.1, -0.05) is 26.0 Å². The molecule has 2 rings (SSSR count). The molecule has 2 nitrogen and oxygen atoms in total.